The summed E-state index contributed by atoms with van der Waals surface area (Å²) in [5.41, 5.74) is 0.739. The van der Waals surface area contributed by atoms with Gasteiger partial charge in [0.15, 0.2) is 0 Å². The summed E-state index contributed by atoms with van der Waals surface area (Å²) in [4.78, 5) is 37.7. The van der Waals surface area contributed by atoms with E-state index in [0.717, 1.165) is 31.4 Å². The van der Waals surface area contributed by atoms with Crippen LogP contribution in [-0.2, 0) is 23.9 Å². The van der Waals surface area contributed by atoms with Crippen LogP contribution in [0.4, 0.5) is 0 Å². The molecule has 0 aromatic heterocycles. The molecular weight excluding hydrogens is 286 g/mol. The first-order chi connectivity index (χ1) is 10.4. The molecule has 1 aliphatic carbocycles. The largest absolute Gasteiger partial charge is 0.469 e. The normalized spacial score (nSPS) is 25.9. The number of nitrogens with zero attached hydrogens (tertiary/aromatic N) is 1. The van der Waals surface area contributed by atoms with Gasteiger partial charge in [-0.05, 0) is 25.7 Å². The number of ether oxygens (including phenoxy) is 2. The molecule has 2 rings (SSSR count). The summed E-state index contributed by atoms with van der Waals surface area (Å²) >= 11 is 0. The van der Waals surface area contributed by atoms with E-state index >= 15 is 0 Å². The maximum absolute atomic E-state index is 12.4. The average Bonchev–Trinajstić information content (AvgIpc) is 2.52. The number of carbonyl (C=O) groups excluding carboxylic acids is 3. The SMILES string of the molecule is COC(=O)C[C@@H](C(=O)OC)N1C(=O)CCC2(C)CCCC=C12. The lowest BCUT2D eigenvalue weighted by molar-refractivity contribution is -0.158. The summed E-state index contributed by atoms with van der Waals surface area (Å²) < 4.78 is 9.46. The highest BCUT2D eigenvalue weighted by Crippen LogP contribution is 2.47. The van der Waals surface area contributed by atoms with Crippen LogP contribution < -0.4 is 0 Å². The molecule has 0 saturated carbocycles. The Balaban J connectivity index is 2.38. The van der Waals surface area contributed by atoms with Crippen LogP contribution in [0.2, 0.25) is 0 Å². The minimum Gasteiger partial charge on any atom is -0.469 e. The lowest BCUT2D eigenvalue weighted by Gasteiger charge is -2.47. The van der Waals surface area contributed by atoms with Crippen LogP contribution in [-0.4, -0.2) is 43.0 Å². The average molecular weight is 309 g/mol. The van der Waals surface area contributed by atoms with Gasteiger partial charge >= 0.3 is 11.9 Å². The van der Waals surface area contributed by atoms with Crippen LogP contribution in [0.5, 0.6) is 0 Å². The van der Waals surface area contributed by atoms with Crippen LogP contribution in [0.3, 0.4) is 0 Å². The van der Waals surface area contributed by atoms with Crippen molar-refractivity contribution in [1.82, 2.24) is 4.90 Å². The fraction of sp³-hybridized carbons (Fsp3) is 0.688. The van der Waals surface area contributed by atoms with Crippen molar-refractivity contribution in [3.05, 3.63) is 11.8 Å². The second-order valence-corrected chi connectivity index (χ2v) is 6.13. The van der Waals surface area contributed by atoms with E-state index in [1.165, 1.54) is 19.1 Å². The summed E-state index contributed by atoms with van der Waals surface area (Å²) in [6, 6.07) is -0.950. The van der Waals surface area contributed by atoms with E-state index in [2.05, 4.69) is 11.7 Å². The molecule has 6 heteroatoms. The highest BCUT2D eigenvalue weighted by molar-refractivity contribution is 5.90. The Kier molecular flexibility index (Phi) is 4.88. The van der Waals surface area contributed by atoms with Crippen molar-refractivity contribution in [3.63, 3.8) is 0 Å². The van der Waals surface area contributed by atoms with Gasteiger partial charge in [-0.15, -0.1) is 0 Å². The number of amides is 1. The van der Waals surface area contributed by atoms with Crippen LogP contribution in [0, 0.1) is 5.41 Å². The van der Waals surface area contributed by atoms with Gasteiger partial charge in [0, 0.05) is 17.5 Å². The van der Waals surface area contributed by atoms with Crippen molar-refractivity contribution in [2.45, 2.75) is 51.5 Å². The Bertz CT molecular complexity index is 513. The van der Waals surface area contributed by atoms with Crippen molar-refractivity contribution in [1.29, 1.82) is 0 Å². The smallest absolute Gasteiger partial charge is 0.329 e. The zero-order valence-electron chi connectivity index (χ0n) is 13.4. The second-order valence-electron chi connectivity index (χ2n) is 6.13. The van der Waals surface area contributed by atoms with Crippen LogP contribution in [0.15, 0.2) is 11.8 Å². The Hall–Kier alpha value is -1.85. The molecule has 1 unspecified atom stereocenters. The van der Waals surface area contributed by atoms with Gasteiger partial charge in [-0.2, -0.15) is 0 Å². The number of hydrogen-bond acceptors (Lipinski definition) is 5. The highest BCUT2D eigenvalue weighted by atomic mass is 16.5. The van der Waals surface area contributed by atoms with E-state index in [1.807, 2.05) is 6.08 Å². The third-order valence-corrected chi connectivity index (χ3v) is 4.68. The number of allylic oxidation sites excluding steroid dienone is 2. The van der Waals surface area contributed by atoms with E-state index in [1.54, 1.807) is 0 Å². The molecule has 0 bridgehead atoms. The van der Waals surface area contributed by atoms with Gasteiger partial charge in [-0.1, -0.05) is 13.0 Å². The third-order valence-electron chi connectivity index (χ3n) is 4.68. The molecule has 2 aliphatic rings. The van der Waals surface area contributed by atoms with Gasteiger partial charge in [-0.3, -0.25) is 9.59 Å². The first kappa shape index (κ1) is 16.5. The number of rotatable bonds is 4. The molecule has 0 N–H and O–H groups in total. The van der Waals surface area contributed by atoms with Gasteiger partial charge in [-0.25, -0.2) is 4.79 Å². The van der Waals surface area contributed by atoms with Gasteiger partial charge in [0.05, 0.1) is 20.6 Å². The zero-order chi connectivity index (χ0) is 16.3. The molecule has 1 heterocycles. The number of fused-ring (bicyclic) bond motifs is 1. The summed E-state index contributed by atoms with van der Waals surface area (Å²) in [7, 11) is 2.52. The summed E-state index contributed by atoms with van der Waals surface area (Å²) in [6.07, 6.45) is 5.91. The molecular formula is C16H23NO5. The third kappa shape index (κ3) is 3.00. The molecule has 6 nitrogen and oxygen atoms in total. The molecule has 0 spiro atoms. The van der Waals surface area contributed by atoms with Gasteiger partial charge in [0.1, 0.15) is 6.04 Å². The predicted octanol–water partition coefficient (Wildman–Crippen LogP) is 1.79. The Morgan fingerprint density at radius 3 is 2.68 bits per heavy atom. The van der Waals surface area contributed by atoms with E-state index < -0.39 is 18.0 Å². The van der Waals surface area contributed by atoms with Crippen molar-refractivity contribution >= 4 is 17.8 Å². The number of carbonyl (C=O) groups is 3. The molecule has 0 radical (unpaired) electrons. The fourth-order valence-corrected chi connectivity index (χ4v) is 3.38. The quantitative estimate of drug-likeness (QED) is 0.740. The zero-order valence-corrected chi connectivity index (χ0v) is 13.4. The molecule has 0 aromatic carbocycles. The highest BCUT2D eigenvalue weighted by Gasteiger charge is 2.46. The van der Waals surface area contributed by atoms with Crippen LogP contribution in [0.1, 0.15) is 45.4 Å². The topological polar surface area (TPSA) is 72.9 Å². The first-order valence-corrected chi connectivity index (χ1v) is 7.60. The summed E-state index contributed by atoms with van der Waals surface area (Å²) in [6.45, 7) is 2.11. The van der Waals surface area contributed by atoms with Crippen LogP contribution >= 0.6 is 0 Å². The van der Waals surface area contributed by atoms with Crippen molar-refractivity contribution in [2.75, 3.05) is 14.2 Å². The number of likely N-dealkylation sites (tertiary alicyclic amines) is 1. The predicted molar refractivity (Wildman–Crippen MR) is 78.6 cm³/mol. The van der Waals surface area contributed by atoms with Gasteiger partial charge in [0.25, 0.3) is 0 Å². The van der Waals surface area contributed by atoms with Crippen molar-refractivity contribution in [3.8, 4) is 0 Å². The van der Waals surface area contributed by atoms with Crippen molar-refractivity contribution in [2.24, 2.45) is 5.41 Å². The summed E-state index contributed by atoms with van der Waals surface area (Å²) in [5.74, 6) is -1.26. The second kappa shape index (κ2) is 6.50. The molecule has 1 amide bonds. The molecule has 0 aromatic rings. The van der Waals surface area contributed by atoms with Gasteiger partial charge < -0.3 is 14.4 Å². The maximum atomic E-state index is 12.4. The van der Waals surface area contributed by atoms with E-state index in [0.29, 0.717) is 6.42 Å². The molecule has 1 saturated heterocycles. The number of piperidine rings is 1. The Morgan fingerprint density at radius 1 is 1.32 bits per heavy atom. The van der Waals surface area contributed by atoms with E-state index in [9.17, 15) is 14.4 Å². The minimum atomic E-state index is -0.950. The molecule has 22 heavy (non-hydrogen) atoms. The summed E-state index contributed by atoms with van der Waals surface area (Å²) in [5, 5.41) is 0. The van der Waals surface area contributed by atoms with Gasteiger partial charge in [0.2, 0.25) is 5.91 Å². The van der Waals surface area contributed by atoms with E-state index in [4.69, 9.17) is 4.74 Å². The van der Waals surface area contributed by atoms with Crippen molar-refractivity contribution < 1.29 is 23.9 Å². The Labute approximate surface area is 130 Å². The lowest BCUT2D eigenvalue weighted by Crippen LogP contribution is -2.52. The van der Waals surface area contributed by atoms with Crippen LogP contribution in [0.25, 0.3) is 0 Å². The fourth-order valence-electron chi connectivity index (χ4n) is 3.38. The lowest BCUT2D eigenvalue weighted by atomic mass is 9.71. The number of esters is 2. The monoisotopic (exact) mass is 309 g/mol. The number of methoxy groups -OCH3 is 2. The minimum absolute atomic E-state index is 0.117. The molecule has 2 atom stereocenters. The molecule has 122 valence electrons. The van der Waals surface area contributed by atoms with E-state index in [-0.39, 0.29) is 17.7 Å². The number of hydrogen-bond donors (Lipinski definition) is 0. The maximum Gasteiger partial charge on any atom is 0.329 e. The first-order valence-electron chi connectivity index (χ1n) is 7.60. The molecule has 1 fully saturated rings. The molecule has 1 aliphatic heterocycles. The standard InChI is InChI=1S/C16H23NO5/c1-16-8-5-4-6-12(16)17(13(18)7-9-16)11(15(20)22-3)10-14(19)21-2/h6,11H,4-5,7-10H2,1-3H3/t11-,16?/m0/s1. The Morgan fingerprint density at radius 2 is 2.05 bits per heavy atom.